The highest BCUT2D eigenvalue weighted by atomic mass is 35.6. The molecule has 184 valence electrons. The van der Waals surface area contributed by atoms with E-state index in [2.05, 4.69) is 75.7 Å². The molecule has 1 nitrogen and oxygen atoms in total. The van der Waals surface area contributed by atoms with Crippen LogP contribution < -0.4 is 0 Å². The van der Waals surface area contributed by atoms with E-state index < -0.39 is 31.4 Å². The van der Waals surface area contributed by atoms with Crippen LogP contribution in [-0.4, -0.2) is 31.4 Å². The molecule has 33 heavy (non-hydrogen) atoms. The molecule has 0 N–H and O–H groups in total. The van der Waals surface area contributed by atoms with E-state index >= 15 is 0 Å². The third-order valence-corrected chi connectivity index (χ3v) is 22.8. The molecule has 0 aromatic carbocycles. The lowest BCUT2D eigenvalue weighted by molar-refractivity contribution is 0.552. The molecule has 0 aliphatic heterocycles. The summed E-state index contributed by atoms with van der Waals surface area (Å²) < 4.78 is 7.36. The van der Waals surface area contributed by atoms with Crippen molar-refractivity contribution in [3.63, 3.8) is 0 Å². The highest BCUT2D eigenvalue weighted by molar-refractivity contribution is 7.30. The minimum atomic E-state index is -2.62. The summed E-state index contributed by atoms with van der Waals surface area (Å²) in [6.07, 6.45) is 19.3. The molecule has 0 fully saturated rings. The predicted octanol–water partition coefficient (Wildman–Crippen LogP) is 9.16. The molecule has 4 bridgehead atoms. The summed E-state index contributed by atoms with van der Waals surface area (Å²) in [6, 6.07) is 4.68. The third-order valence-electron chi connectivity index (χ3n) is 7.86. The van der Waals surface area contributed by atoms with E-state index in [-0.39, 0.29) is 0 Å². The second-order valence-corrected chi connectivity index (χ2v) is 34.2. The molecule has 4 aliphatic carbocycles. The molecule has 6 atom stereocenters. The Balaban J connectivity index is 1.59. The molecule has 0 amide bonds. The Morgan fingerprint density at radius 1 is 0.667 bits per heavy atom. The van der Waals surface area contributed by atoms with Gasteiger partial charge >= 0.3 is 15.3 Å². The molecule has 0 saturated heterocycles. The Labute approximate surface area is 216 Å². The first-order valence-electron chi connectivity index (χ1n) is 13.2. The maximum atomic E-state index is 7.75. The Morgan fingerprint density at radius 3 is 1.33 bits per heavy atom. The smallest absolute Gasteiger partial charge is 0.309 e. The molecule has 0 saturated carbocycles. The van der Waals surface area contributed by atoms with Gasteiger partial charge in [0.05, 0.1) is 0 Å². The fourth-order valence-corrected chi connectivity index (χ4v) is 22.2. The normalized spacial score (nSPS) is 31.6. The van der Waals surface area contributed by atoms with E-state index in [0.717, 1.165) is 12.1 Å². The van der Waals surface area contributed by atoms with Crippen LogP contribution in [0.1, 0.15) is 25.7 Å². The lowest BCUT2D eigenvalue weighted by Crippen LogP contribution is -2.50. The van der Waals surface area contributed by atoms with Gasteiger partial charge in [-0.05, 0) is 59.0 Å². The van der Waals surface area contributed by atoms with Crippen molar-refractivity contribution >= 4 is 53.6 Å². The molecule has 6 unspecified atom stereocenters. The fraction of sp³-hybridized carbons (Fsp3) is 0.692. The minimum Gasteiger partial charge on any atom is -0.427 e. The molecule has 7 heteroatoms. The van der Waals surface area contributed by atoms with Gasteiger partial charge in [0.15, 0.2) is 0 Å². The number of hydrogen-bond acceptors (Lipinski definition) is 1. The molecule has 0 radical (unpaired) electrons. The SMILES string of the molecule is C[Si](C)(C)CCC[Si](Cl)(O[Si](Cl)(CCC[Si](C)(C)C)C1=CC2C=CC1C2)C1=CC2C=CC1C2. The number of rotatable bonds is 12. The lowest BCUT2D eigenvalue weighted by atomic mass is 10.2. The summed E-state index contributed by atoms with van der Waals surface area (Å²) in [7, 11) is -7.46. The molecule has 0 aromatic rings. The van der Waals surface area contributed by atoms with Crippen LogP contribution in [0.15, 0.2) is 46.8 Å². The summed E-state index contributed by atoms with van der Waals surface area (Å²) in [5, 5.41) is 2.91. The minimum absolute atomic E-state index is 0.497. The van der Waals surface area contributed by atoms with Gasteiger partial charge in [0.2, 0.25) is 0 Å². The molecule has 4 aliphatic rings. The molecular weight excluding hydrogens is 512 g/mol. The van der Waals surface area contributed by atoms with Gasteiger partial charge in [-0.1, -0.05) is 101 Å². The van der Waals surface area contributed by atoms with Gasteiger partial charge in [0.25, 0.3) is 0 Å². The second-order valence-electron chi connectivity index (χ2n) is 13.4. The van der Waals surface area contributed by atoms with Gasteiger partial charge in [0.1, 0.15) is 0 Å². The first-order chi connectivity index (χ1) is 15.3. The topological polar surface area (TPSA) is 9.23 Å². The van der Waals surface area contributed by atoms with E-state index in [0.29, 0.717) is 23.7 Å². The quantitative estimate of drug-likeness (QED) is 0.132. The molecule has 0 heterocycles. The van der Waals surface area contributed by atoms with Crippen LogP contribution >= 0.6 is 22.2 Å². The van der Waals surface area contributed by atoms with E-state index in [9.17, 15) is 0 Å². The fourth-order valence-electron chi connectivity index (χ4n) is 6.13. The highest BCUT2D eigenvalue weighted by Crippen LogP contribution is 2.51. The number of hydrogen-bond donors (Lipinski definition) is 0. The average molecular weight is 556 g/mol. The lowest BCUT2D eigenvalue weighted by Gasteiger charge is -2.39. The summed E-state index contributed by atoms with van der Waals surface area (Å²) in [5.41, 5.74) is 0. The molecule has 4 rings (SSSR count). The molecule has 0 spiro atoms. The second kappa shape index (κ2) is 9.68. The summed E-state index contributed by atoms with van der Waals surface area (Å²) >= 11 is 15.5. The molecular formula is C26H44Cl2OSi4. The van der Waals surface area contributed by atoms with Gasteiger partial charge in [-0.15, -0.1) is 22.2 Å². The van der Waals surface area contributed by atoms with Crippen molar-refractivity contribution in [3.05, 3.63) is 46.8 Å². The van der Waals surface area contributed by atoms with E-state index in [1.54, 1.807) is 0 Å². The van der Waals surface area contributed by atoms with Crippen molar-refractivity contribution in [1.82, 2.24) is 0 Å². The van der Waals surface area contributed by atoms with Crippen LogP contribution in [0.4, 0.5) is 0 Å². The Bertz CT molecular complexity index is 798. The van der Waals surface area contributed by atoms with Crippen LogP contribution in [0, 0.1) is 23.7 Å². The van der Waals surface area contributed by atoms with Crippen LogP contribution in [0.3, 0.4) is 0 Å². The maximum absolute atomic E-state index is 7.75. The van der Waals surface area contributed by atoms with Crippen molar-refractivity contribution < 1.29 is 4.12 Å². The van der Waals surface area contributed by atoms with Crippen LogP contribution in [0.5, 0.6) is 0 Å². The third kappa shape index (κ3) is 6.39. The maximum Gasteiger partial charge on any atom is 0.309 e. The zero-order valence-corrected chi connectivity index (χ0v) is 27.1. The van der Waals surface area contributed by atoms with Gasteiger partial charge < -0.3 is 4.12 Å². The monoisotopic (exact) mass is 554 g/mol. The number of allylic oxidation sites excluding steroid dienone is 8. The van der Waals surface area contributed by atoms with Crippen LogP contribution in [0.2, 0.25) is 63.5 Å². The van der Waals surface area contributed by atoms with Crippen molar-refractivity contribution in [2.75, 3.05) is 0 Å². The zero-order valence-electron chi connectivity index (χ0n) is 21.6. The van der Waals surface area contributed by atoms with E-state index in [4.69, 9.17) is 26.3 Å². The van der Waals surface area contributed by atoms with Crippen LogP contribution in [-0.2, 0) is 4.12 Å². The predicted molar refractivity (Wildman–Crippen MR) is 157 cm³/mol. The number of halogens is 2. The zero-order chi connectivity index (χ0) is 24.1. The average Bonchev–Trinajstić information content (AvgIpc) is 3.46. The first-order valence-corrected chi connectivity index (χ1v) is 26.8. The van der Waals surface area contributed by atoms with Gasteiger partial charge in [-0.25, -0.2) is 0 Å². The van der Waals surface area contributed by atoms with E-state index in [1.807, 2.05) is 0 Å². The van der Waals surface area contributed by atoms with Gasteiger partial charge in [-0.2, -0.15) is 0 Å². The van der Waals surface area contributed by atoms with Crippen molar-refractivity contribution in [1.29, 1.82) is 0 Å². The van der Waals surface area contributed by atoms with Crippen molar-refractivity contribution in [2.45, 2.75) is 89.1 Å². The van der Waals surface area contributed by atoms with Crippen LogP contribution in [0.25, 0.3) is 0 Å². The highest BCUT2D eigenvalue weighted by Gasteiger charge is 2.54. The van der Waals surface area contributed by atoms with E-state index in [1.165, 1.54) is 48.2 Å². The standard InChI is InChI=1S/C26H44Cl2OSi4/c1-30(2,3)13-7-15-32(27,25-19-21-9-11-23(25)17-21)29-33(28,16-8-14-31(4,5)6)26-20-22-10-12-24(26)18-22/h9-12,19-24H,7-8,13-18H2,1-6H3. The molecule has 0 aromatic heterocycles. The first kappa shape index (κ1) is 26.4. The Hall–Kier alpha value is 0.368. The number of fused-ring (bicyclic) bond motifs is 4. The Kier molecular flexibility index (Phi) is 7.75. The summed E-state index contributed by atoms with van der Waals surface area (Å²) in [5.74, 6) is 2.13. The van der Waals surface area contributed by atoms with Crippen molar-refractivity contribution in [2.24, 2.45) is 23.7 Å². The van der Waals surface area contributed by atoms with Crippen molar-refractivity contribution in [3.8, 4) is 0 Å². The Morgan fingerprint density at radius 2 is 1.06 bits per heavy atom. The van der Waals surface area contributed by atoms with Gasteiger partial charge in [0, 0.05) is 16.1 Å². The van der Waals surface area contributed by atoms with Gasteiger partial charge in [-0.3, -0.25) is 0 Å². The summed E-state index contributed by atoms with van der Waals surface area (Å²) in [6.45, 7) is 14.8. The largest absolute Gasteiger partial charge is 0.427 e. The summed E-state index contributed by atoms with van der Waals surface area (Å²) in [4.78, 5) is 0.